The Kier molecular flexibility index (Phi) is 56.8. The summed E-state index contributed by atoms with van der Waals surface area (Å²) in [6.07, 6.45) is 76.1. The van der Waals surface area contributed by atoms with Crippen molar-refractivity contribution in [1.29, 1.82) is 0 Å². The lowest BCUT2D eigenvalue weighted by atomic mass is 10.1. The molecule has 410 valence electrons. The second-order valence-corrected chi connectivity index (χ2v) is 20.2. The van der Waals surface area contributed by atoms with Crippen LogP contribution < -0.4 is 0 Å². The Morgan fingerprint density at radius 3 is 0.859 bits per heavy atom. The molecule has 0 saturated heterocycles. The first kappa shape index (κ1) is 67.8. The molecule has 6 heteroatoms. The topological polar surface area (TPSA) is 78.9 Å². The first-order chi connectivity index (χ1) is 35.0. The minimum atomic E-state index is -0.795. The lowest BCUT2D eigenvalue weighted by molar-refractivity contribution is -0.167. The van der Waals surface area contributed by atoms with Crippen LogP contribution in [-0.2, 0) is 28.6 Å². The van der Waals surface area contributed by atoms with E-state index >= 15 is 0 Å². The molecule has 0 N–H and O–H groups in total. The second kappa shape index (κ2) is 59.4. The van der Waals surface area contributed by atoms with Gasteiger partial charge in [-0.15, -0.1) is 0 Å². The van der Waals surface area contributed by atoms with Gasteiger partial charge in [-0.05, 0) is 116 Å². The largest absolute Gasteiger partial charge is 0.462 e. The Hall–Kier alpha value is -3.15. The van der Waals surface area contributed by atoms with E-state index in [0.29, 0.717) is 19.3 Å². The Labute approximate surface area is 440 Å². The SMILES string of the molecule is CCCCC/C=C\C/C=C\C/C=C\CCCCC(=O)OC[C@H](COC(=O)CCCCCCCCCCC/C=C\CCCCCCCC)OC(=O)CCCCCCCCCCC/C=C\C/C=C\CCCCC. The molecular formula is C65H114O6. The highest BCUT2D eigenvalue weighted by molar-refractivity contribution is 5.71. The van der Waals surface area contributed by atoms with Crippen LogP contribution in [0.25, 0.3) is 0 Å². The molecule has 0 saturated carbocycles. The van der Waals surface area contributed by atoms with Gasteiger partial charge in [0.15, 0.2) is 6.10 Å². The van der Waals surface area contributed by atoms with Crippen molar-refractivity contribution in [2.75, 3.05) is 13.2 Å². The quantitative estimate of drug-likeness (QED) is 0.0261. The Morgan fingerprint density at radius 2 is 0.507 bits per heavy atom. The highest BCUT2D eigenvalue weighted by atomic mass is 16.6. The zero-order valence-electron chi connectivity index (χ0n) is 47.0. The van der Waals surface area contributed by atoms with Crippen molar-refractivity contribution >= 4 is 17.9 Å². The van der Waals surface area contributed by atoms with Crippen LogP contribution in [0.2, 0.25) is 0 Å². The molecule has 0 aromatic carbocycles. The summed E-state index contributed by atoms with van der Waals surface area (Å²) in [7, 11) is 0. The fourth-order valence-corrected chi connectivity index (χ4v) is 8.53. The van der Waals surface area contributed by atoms with Crippen molar-refractivity contribution in [2.45, 2.75) is 309 Å². The van der Waals surface area contributed by atoms with E-state index in [1.54, 1.807) is 0 Å². The number of ether oxygens (including phenoxy) is 3. The van der Waals surface area contributed by atoms with Crippen molar-refractivity contribution in [3.05, 3.63) is 72.9 Å². The van der Waals surface area contributed by atoms with Crippen LogP contribution in [-0.4, -0.2) is 37.2 Å². The first-order valence-corrected chi connectivity index (χ1v) is 30.4. The van der Waals surface area contributed by atoms with E-state index < -0.39 is 6.10 Å². The Balaban J connectivity index is 4.41. The molecular weight excluding hydrogens is 877 g/mol. The molecule has 0 radical (unpaired) electrons. The average molecular weight is 992 g/mol. The van der Waals surface area contributed by atoms with E-state index in [2.05, 4.69) is 93.7 Å². The van der Waals surface area contributed by atoms with E-state index in [9.17, 15) is 14.4 Å². The number of unbranched alkanes of at least 4 members (excludes halogenated alkanes) is 32. The summed E-state index contributed by atoms with van der Waals surface area (Å²) in [6.45, 7) is 6.57. The number of hydrogen-bond donors (Lipinski definition) is 0. The Morgan fingerprint density at radius 1 is 0.282 bits per heavy atom. The zero-order valence-corrected chi connectivity index (χ0v) is 47.0. The van der Waals surface area contributed by atoms with E-state index in [4.69, 9.17) is 14.2 Å². The summed E-state index contributed by atoms with van der Waals surface area (Å²) < 4.78 is 16.9. The fraction of sp³-hybridized carbons (Fsp3) is 0.769. The predicted octanol–water partition coefficient (Wildman–Crippen LogP) is 20.5. The predicted molar refractivity (Wildman–Crippen MR) is 307 cm³/mol. The standard InChI is InChI=1S/C65H114O6/c1-4-7-10-13-16-19-22-25-28-30-32-34-37-40-43-46-49-52-55-58-64(67)70-61-62(60-69-63(66)57-54-51-48-45-42-39-36-27-24-21-18-15-12-9-6-3)71-65(68)59-56-53-50-47-44-41-38-35-33-31-29-26-23-20-17-14-11-8-5-2/h17-18,20-21,25-29,36,42,45,62H,4-16,19,22-24,30-35,37-41,43-44,46-61H2,1-3H3/b20-17-,21-18-,28-25-,29-26-,36-27-,45-42-/t62-/m1/s1. The Bertz CT molecular complexity index is 1320. The summed E-state index contributed by atoms with van der Waals surface area (Å²) in [5, 5.41) is 0. The summed E-state index contributed by atoms with van der Waals surface area (Å²) in [6, 6.07) is 0. The van der Waals surface area contributed by atoms with Gasteiger partial charge in [0.2, 0.25) is 0 Å². The molecule has 0 aromatic rings. The van der Waals surface area contributed by atoms with Crippen LogP contribution in [0.1, 0.15) is 303 Å². The van der Waals surface area contributed by atoms with Gasteiger partial charge in [0.05, 0.1) is 0 Å². The number of carbonyl (C=O) groups excluding carboxylic acids is 3. The van der Waals surface area contributed by atoms with Gasteiger partial charge >= 0.3 is 17.9 Å². The van der Waals surface area contributed by atoms with Crippen LogP contribution in [0.3, 0.4) is 0 Å². The van der Waals surface area contributed by atoms with Gasteiger partial charge in [-0.25, -0.2) is 0 Å². The van der Waals surface area contributed by atoms with Gasteiger partial charge < -0.3 is 14.2 Å². The lowest BCUT2D eigenvalue weighted by Crippen LogP contribution is -2.30. The number of esters is 3. The number of carbonyl (C=O) groups is 3. The monoisotopic (exact) mass is 991 g/mol. The molecule has 0 rings (SSSR count). The van der Waals surface area contributed by atoms with Crippen molar-refractivity contribution in [3.8, 4) is 0 Å². The minimum absolute atomic E-state index is 0.0892. The molecule has 1 atom stereocenters. The maximum Gasteiger partial charge on any atom is 0.306 e. The summed E-state index contributed by atoms with van der Waals surface area (Å²) in [5.41, 5.74) is 0. The highest BCUT2D eigenvalue weighted by Gasteiger charge is 2.19. The number of allylic oxidation sites excluding steroid dienone is 12. The molecule has 0 aliphatic rings. The van der Waals surface area contributed by atoms with Crippen molar-refractivity contribution in [1.82, 2.24) is 0 Å². The molecule has 0 fully saturated rings. The van der Waals surface area contributed by atoms with Gasteiger partial charge in [-0.3, -0.25) is 14.4 Å². The van der Waals surface area contributed by atoms with Crippen LogP contribution in [0.4, 0.5) is 0 Å². The van der Waals surface area contributed by atoms with Crippen molar-refractivity contribution in [2.24, 2.45) is 0 Å². The molecule has 71 heavy (non-hydrogen) atoms. The highest BCUT2D eigenvalue weighted by Crippen LogP contribution is 2.15. The molecule has 0 bridgehead atoms. The number of hydrogen-bond acceptors (Lipinski definition) is 6. The van der Waals surface area contributed by atoms with Gasteiger partial charge in [0.1, 0.15) is 13.2 Å². The van der Waals surface area contributed by atoms with E-state index in [1.165, 1.54) is 186 Å². The third-order valence-corrected chi connectivity index (χ3v) is 13.2. The fourth-order valence-electron chi connectivity index (χ4n) is 8.53. The van der Waals surface area contributed by atoms with Gasteiger partial charge in [0, 0.05) is 19.3 Å². The molecule has 0 spiro atoms. The number of rotatable bonds is 55. The molecule has 0 aliphatic carbocycles. The van der Waals surface area contributed by atoms with Crippen LogP contribution in [0, 0.1) is 0 Å². The molecule has 0 amide bonds. The molecule has 0 unspecified atom stereocenters. The lowest BCUT2D eigenvalue weighted by Gasteiger charge is -2.18. The molecule has 0 aliphatic heterocycles. The van der Waals surface area contributed by atoms with Crippen LogP contribution >= 0.6 is 0 Å². The summed E-state index contributed by atoms with van der Waals surface area (Å²) >= 11 is 0. The molecule has 6 nitrogen and oxygen atoms in total. The van der Waals surface area contributed by atoms with Crippen molar-refractivity contribution in [3.63, 3.8) is 0 Å². The normalized spacial score (nSPS) is 12.5. The summed E-state index contributed by atoms with van der Waals surface area (Å²) in [5.74, 6) is -0.924. The minimum Gasteiger partial charge on any atom is -0.462 e. The van der Waals surface area contributed by atoms with Crippen LogP contribution in [0.5, 0.6) is 0 Å². The van der Waals surface area contributed by atoms with Gasteiger partial charge in [-0.1, -0.05) is 241 Å². The van der Waals surface area contributed by atoms with E-state index in [0.717, 1.165) is 77.0 Å². The third kappa shape index (κ3) is 57.6. The maximum absolute atomic E-state index is 12.9. The molecule has 0 heterocycles. The van der Waals surface area contributed by atoms with E-state index in [1.807, 2.05) is 0 Å². The first-order valence-electron chi connectivity index (χ1n) is 30.4. The smallest absolute Gasteiger partial charge is 0.306 e. The zero-order chi connectivity index (χ0) is 51.4. The summed E-state index contributed by atoms with van der Waals surface area (Å²) in [4.78, 5) is 38.2. The van der Waals surface area contributed by atoms with Gasteiger partial charge in [-0.2, -0.15) is 0 Å². The maximum atomic E-state index is 12.9. The van der Waals surface area contributed by atoms with Crippen LogP contribution in [0.15, 0.2) is 72.9 Å². The van der Waals surface area contributed by atoms with Gasteiger partial charge in [0.25, 0.3) is 0 Å². The second-order valence-electron chi connectivity index (χ2n) is 20.2. The average Bonchev–Trinajstić information content (AvgIpc) is 3.37. The van der Waals surface area contributed by atoms with E-state index in [-0.39, 0.29) is 31.1 Å². The molecule has 0 aromatic heterocycles. The van der Waals surface area contributed by atoms with Crippen molar-refractivity contribution < 1.29 is 28.6 Å². The third-order valence-electron chi connectivity index (χ3n) is 13.2.